The Morgan fingerprint density at radius 3 is 2.69 bits per heavy atom. The molecule has 0 bridgehead atoms. The van der Waals surface area contributed by atoms with Gasteiger partial charge < -0.3 is 4.74 Å². The van der Waals surface area contributed by atoms with Crippen molar-refractivity contribution in [1.29, 1.82) is 0 Å². The summed E-state index contributed by atoms with van der Waals surface area (Å²) >= 11 is 3.36. The summed E-state index contributed by atoms with van der Waals surface area (Å²) in [5, 5.41) is 0. The molecule has 3 nitrogen and oxygen atoms in total. The lowest BCUT2D eigenvalue weighted by molar-refractivity contribution is 0.0646. The van der Waals surface area contributed by atoms with Crippen molar-refractivity contribution in [2.75, 3.05) is 7.11 Å². The van der Waals surface area contributed by atoms with Crippen molar-refractivity contribution in [1.82, 2.24) is 0 Å². The molecule has 0 fully saturated rings. The van der Waals surface area contributed by atoms with Gasteiger partial charge in [0, 0.05) is 10.0 Å². The summed E-state index contributed by atoms with van der Waals surface area (Å²) in [6.45, 7) is 1.87. The van der Waals surface area contributed by atoms with Crippen LogP contribution >= 0.6 is 15.9 Å². The SMILES string of the molecule is COc1cc(Br)ccc1C(C)ON. The minimum atomic E-state index is -0.164. The summed E-state index contributed by atoms with van der Waals surface area (Å²) in [6, 6.07) is 5.72. The minimum Gasteiger partial charge on any atom is -0.496 e. The van der Waals surface area contributed by atoms with Gasteiger partial charge in [-0.2, -0.15) is 0 Å². The van der Waals surface area contributed by atoms with Gasteiger partial charge in [0.2, 0.25) is 0 Å². The number of nitrogens with two attached hydrogens (primary N) is 1. The number of hydrogen-bond donors (Lipinski definition) is 1. The maximum Gasteiger partial charge on any atom is 0.125 e. The predicted octanol–water partition coefficient (Wildman–Crippen LogP) is 2.41. The van der Waals surface area contributed by atoms with Gasteiger partial charge in [0.1, 0.15) is 11.9 Å². The first-order valence-corrected chi connectivity index (χ1v) is 4.67. The lowest BCUT2D eigenvalue weighted by atomic mass is 10.1. The molecule has 1 aromatic carbocycles. The Balaban J connectivity index is 3.05. The average molecular weight is 246 g/mol. The number of methoxy groups -OCH3 is 1. The van der Waals surface area contributed by atoms with Crippen LogP contribution in [0.5, 0.6) is 5.75 Å². The van der Waals surface area contributed by atoms with Crippen molar-refractivity contribution in [3.63, 3.8) is 0 Å². The average Bonchev–Trinajstić information content (AvgIpc) is 2.16. The van der Waals surface area contributed by atoms with Crippen LogP contribution in [0.25, 0.3) is 0 Å². The maximum atomic E-state index is 5.18. The fraction of sp³-hybridized carbons (Fsp3) is 0.333. The highest BCUT2D eigenvalue weighted by molar-refractivity contribution is 9.10. The number of benzene rings is 1. The van der Waals surface area contributed by atoms with Crippen molar-refractivity contribution >= 4 is 15.9 Å². The van der Waals surface area contributed by atoms with E-state index in [4.69, 9.17) is 15.5 Å². The van der Waals surface area contributed by atoms with E-state index in [2.05, 4.69) is 15.9 Å². The molecule has 13 heavy (non-hydrogen) atoms. The second-order valence-corrected chi connectivity index (χ2v) is 3.58. The third-order valence-electron chi connectivity index (χ3n) is 1.84. The van der Waals surface area contributed by atoms with Crippen LogP contribution in [-0.2, 0) is 4.84 Å². The van der Waals surface area contributed by atoms with Gasteiger partial charge in [0.05, 0.1) is 7.11 Å². The summed E-state index contributed by atoms with van der Waals surface area (Å²) in [4.78, 5) is 4.72. The molecule has 0 aromatic heterocycles. The van der Waals surface area contributed by atoms with Gasteiger partial charge in [-0.05, 0) is 19.1 Å². The number of hydrogen-bond acceptors (Lipinski definition) is 3. The van der Waals surface area contributed by atoms with Gasteiger partial charge in [-0.25, -0.2) is 5.90 Å². The molecule has 1 rings (SSSR count). The molecule has 0 aliphatic rings. The van der Waals surface area contributed by atoms with Crippen LogP contribution in [0.1, 0.15) is 18.6 Å². The van der Waals surface area contributed by atoms with Crippen LogP contribution in [-0.4, -0.2) is 7.11 Å². The van der Waals surface area contributed by atoms with E-state index >= 15 is 0 Å². The molecule has 72 valence electrons. The van der Waals surface area contributed by atoms with Gasteiger partial charge >= 0.3 is 0 Å². The lowest BCUT2D eigenvalue weighted by Gasteiger charge is -2.13. The number of halogens is 1. The third kappa shape index (κ3) is 2.43. The topological polar surface area (TPSA) is 44.5 Å². The summed E-state index contributed by atoms with van der Waals surface area (Å²) < 4.78 is 6.15. The third-order valence-corrected chi connectivity index (χ3v) is 2.33. The molecule has 1 unspecified atom stereocenters. The molecule has 4 heteroatoms. The molecule has 0 aliphatic carbocycles. The van der Waals surface area contributed by atoms with Crippen molar-refractivity contribution < 1.29 is 9.57 Å². The van der Waals surface area contributed by atoms with Crippen molar-refractivity contribution in [2.45, 2.75) is 13.0 Å². The van der Waals surface area contributed by atoms with E-state index in [0.717, 1.165) is 15.8 Å². The van der Waals surface area contributed by atoms with Crippen LogP contribution in [0.3, 0.4) is 0 Å². The van der Waals surface area contributed by atoms with Crippen molar-refractivity contribution in [2.24, 2.45) is 5.90 Å². The Bertz CT molecular complexity index is 291. The van der Waals surface area contributed by atoms with E-state index in [0.29, 0.717) is 0 Å². The Morgan fingerprint density at radius 2 is 2.15 bits per heavy atom. The first-order valence-electron chi connectivity index (χ1n) is 3.88. The van der Waals surface area contributed by atoms with E-state index in [1.54, 1.807) is 7.11 Å². The molecule has 0 spiro atoms. The fourth-order valence-electron chi connectivity index (χ4n) is 1.09. The molecule has 0 saturated heterocycles. The fourth-order valence-corrected chi connectivity index (χ4v) is 1.43. The first kappa shape index (κ1) is 10.5. The van der Waals surface area contributed by atoms with E-state index in [1.807, 2.05) is 25.1 Å². The summed E-state index contributed by atoms with van der Waals surface area (Å²) in [7, 11) is 1.62. The molecule has 2 N–H and O–H groups in total. The second-order valence-electron chi connectivity index (χ2n) is 2.66. The Kier molecular flexibility index (Phi) is 3.71. The van der Waals surface area contributed by atoms with E-state index in [1.165, 1.54) is 0 Å². The highest BCUT2D eigenvalue weighted by Gasteiger charge is 2.10. The Morgan fingerprint density at radius 1 is 1.46 bits per heavy atom. The van der Waals surface area contributed by atoms with Crippen LogP contribution < -0.4 is 10.6 Å². The first-order chi connectivity index (χ1) is 6.19. The maximum absolute atomic E-state index is 5.18. The van der Waals surface area contributed by atoms with Crippen LogP contribution in [0.2, 0.25) is 0 Å². The predicted molar refractivity (Wildman–Crippen MR) is 54.4 cm³/mol. The lowest BCUT2D eigenvalue weighted by Crippen LogP contribution is -2.06. The van der Waals surface area contributed by atoms with Gasteiger partial charge in [-0.3, -0.25) is 4.84 Å². The zero-order chi connectivity index (χ0) is 9.84. The van der Waals surface area contributed by atoms with Crippen LogP contribution in [0, 0.1) is 0 Å². The highest BCUT2D eigenvalue weighted by atomic mass is 79.9. The van der Waals surface area contributed by atoms with Crippen molar-refractivity contribution in [3.05, 3.63) is 28.2 Å². The van der Waals surface area contributed by atoms with Gasteiger partial charge in [-0.15, -0.1) is 0 Å². The standard InChI is InChI=1S/C9H12BrNO2/c1-6(13-11)8-4-3-7(10)5-9(8)12-2/h3-6H,11H2,1-2H3. The quantitative estimate of drug-likeness (QED) is 0.833. The van der Waals surface area contributed by atoms with Crippen molar-refractivity contribution in [3.8, 4) is 5.75 Å². The van der Waals surface area contributed by atoms with E-state index in [9.17, 15) is 0 Å². The largest absolute Gasteiger partial charge is 0.496 e. The Hall–Kier alpha value is -0.580. The zero-order valence-corrected chi connectivity index (χ0v) is 9.17. The molecule has 1 atom stereocenters. The molecule has 0 aliphatic heterocycles. The minimum absolute atomic E-state index is 0.164. The molecular weight excluding hydrogens is 234 g/mol. The smallest absolute Gasteiger partial charge is 0.125 e. The summed E-state index contributed by atoms with van der Waals surface area (Å²) in [5.41, 5.74) is 0.938. The molecule has 0 heterocycles. The Labute approximate surface area is 85.9 Å². The number of rotatable bonds is 3. The molecule has 0 radical (unpaired) electrons. The van der Waals surface area contributed by atoms with Gasteiger partial charge in [-0.1, -0.05) is 22.0 Å². The zero-order valence-electron chi connectivity index (χ0n) is 7.58. The number of ether oxygens (including phenoxy) is 1. The van der Waals surface area contributed by atoms with E-state index < -0.39 is 0 Å². The normalized spacial score (nSPS) is 12.6. The van der Waals surface area contributed by atoms with Gasteiger partial charge in [0.15, 0.2) is 0 Å². The van der Waals surface area contributed by atoms with Crippen LogP contribution in [0.15, 0.2) is 22.7 Å². The second kappa shape index (κ2) is 4.60. The molecule has 0 amide bonds. The summed E-state index contributed by atoms with van der Waals surface area (Å²) in [5.74, 6) is 5.87. The molecule has 0 saturated carbocycles. The molecule has 1 aromatic rings. The summed E-state index contributed by atoms with van der Waals surface area (Å²) in [6.07, 6.45) is -0.164. The highest BCUT2D eigenvalue weighted by Crippen LogP contribution is 2.29. The molecular formula is C9H12BrNO2. The van der Waals surface area contributed by atoms with Crippen LogP contribution in [0.4, 0.5) is 0 Å². The monoisotopic (exact) mass is 245 g/mol. The van der Waals surface area contributed by atoms with E-state index in [-0.39, 0.29) is 6.10 Å². The van der Waals surface area contributed by atoms with Gasteiger partial charge in [0.25, 0.3) is 0 Å².